The van der Waals surface area contributed by atoms with Crippen LogP contribution in [-0.4, -0.2) is 12.6 Å². The molecule has 0 heterocycles. The molecule has 0 radical (unpaired) electrons. The van der Waals surface area contributed by atoms with Gasteiger partial charge in [0.1, 0.15) is 0 Å². The second kappa shape index (κ2) is 5.32. The smallest absolute Gasteiger partial charge is 0.00682 e. The van der Waals surface area contributed by atoms with Crippen LogP contribution in [0.25, 0.3) is 0 Å². The zero-order valence-electron chi connectivity index (χ0n) is 9.58. The molecule has 0 amide bonds. The van der Waals surface area contributed by atoms with E-state index in [9.17, 15) is 0 Å². The van der Waals surface area contributed by atoms with Crippen molar-refractivity contribution in [3.63, 3.8) is 0 Å². The molecule has 15 heavy (non-hydrogen) atoms. The molecule has 1 nitrogen and oxygen atoms in total. The van der Waals surface area contributed by atoms with Gasteiger partial charge in [-0.05, 0) is 43.7 Å². The Morgan fingerprint density at radius 3 is 2.67 bits per heavy atom. The molecule has 1 unspecified atom stereocenters. The maximum absolute atomic E-state index is 3.57. The monoisotopic (exact) mass is 203 g/mol. The lowest BCUT2D eigenvalue weighted by molar-refractivity contribution is 0.497. The third-order valence-corrected chi connectivity index (χ3v) is 3.07. The zero-order valence-corrected chi connectivity index (χ0v) is 9.58. The van der Waals surface area contributed by atoms with Crippen LogP contribution >= 0.6 is 0 Å². The van der Waals surface area contributed by atoms with E-state index in [1.165, 1.54) is 37.8 Å². The highest BCUT2D eigenvalue weighted by Gasteiger charge is 2.19. The van der Waals surface area contributed by atoms with Gasteiger partial charge in [0.15, 0.2) is 0 Å². The van der Waals surface area contributed by atoms with Gasteiger partial charge >= 0.3 is 0 Å². The molecule has 0 aliphatic heterocycles. The second-order valence-electron chi connectivity index (χ2n) is 4.81. The first-order chi connectivity index (χ1) is 7.34. The van der Waals surface area contributed by atoms with Crippen molar-refractivity contribution in [2.24, 2.45) is 5.92 Å². The summed E-state index contributed by atoms with van der Waals surface area (Å²) in [5.74, 6) is 0.790. The van der Waals surface area contributed by atoms with E-state index in [1.54, 1.807) is 0 Å². The molecular formula is C14H21N. The summed E-state index contributed by atoms with van der Waals surface area (Å²) in [5, 5.41) is 3.57. The van der Waals surface area contributed by atoms with Gasteiger partial charge in [0.05, 0.1) is 0 Å². The van der Waals surface area contributed by atoms with Gasteiger partial charge in [-0.25, -0.2) is 0 Å². The van der Waals surface area contributed by atoms with E-state index in [2.05, 4.69) is 42.6 Å². The van der Waals surface area contributed by atoms with Crippen molar-refractivity contribution >= 4 is 0 Å². The van der Waals surface area contributed by atoms with Crippen LogP contribution in [0, 0.1) is 5.92 Å². The minimum atomic E-state index is 0.790. The van der Waals surface area contributed by atoms with Gasteiger partial charge in [0.2, 0.25) is 0 Å². The Bertz CT molecular complexity index is 277. The molecule has 0 saturated heterocycles. The second-order valence-corrected chi connectivity index (χ2v) is 4.81. The molecule has 1 aliphatic carbocycles. The van der Waals surface area contributed by atoms with Crippen molar-refractivity contribution in [3.05, 3.63) is 35.9 Å². The highest BCUT2D eigenvalue weighted by atomic mass is 14.9. The van der Waals surface area contributed by atoms with E-state index in [0.29, 0.717) is 0 Å². The van der Waals surface area contributed by atoms with E-state index in [-0.39, 0.29) is 0 Å². The molecule has 0 aromatic heterocycles. The first-order valence-electron chi connectivity index (χ1n) is 6.12. The molecule has 1 heteroatoms. The minimum absolute atomic E-state index is 0.790. The Morgan fingerprint density at radius 1 is 1.27 bits per heavy atom. The van der Waals surface area contributed by atoms with Gasteiger partial charge in [-0.2, -0.15) is 0 Å². The summed E-state index contributed by atoms with van der Waals surface area (Å²) in [5.41, 5.74) is 1.47. The molecule has 1 saturated carbocycles. The molecule has 1 atom stereocenters. The third-order valence-electron chi connectivity index (χ3n) is 3.07. The molecule has 1 aromatic carbocycles. The lowest BCUT2D eigenvalue weighted by atomic mass is 9.98. The van der Waals surface area contributed by atoms with E-state index in [0.717, 1.165) is 12.0 Å². The summed E-state index contributed by atoms with van der Waals surface area (Å²) in [6, 6.07) is 11.7. The number of nitrogens with one attached hydrogen (secondary N) is 1. The summed E-state index contributed by atoms with van der Waals surface area (Å²) in [7, 11) is 0. The number of hydrogen-bond acceptors (Lipinski definition) is 1. The van der Waals surface area contributed by atoms with Gasteiger partial charge in [-0.15, -0.1) is 0 Å². The Labute approximate surface area is 92.9 Å². The fourth-order valence-corrected chi connectivity index (χ4v) is 1.94. The fraction of sp³-hybridized carbons (Fsp3) is 0.571. The summed E-state index contributed by atoms with van der Waals surface area (Å²) in [4.78, 5) is 0. The zero-order chi connectivity index (χ0) is 10.5. The normalized spacial score (nSPS) is 17.7. The van der Waals surface area contributed by atoms with Crippen LogP contribution < -0.4 is 5.32 Å². The van der Waals surface area contributed by atoms with Crippen LogP contribution in [0.3, 0.4) is 0 Å². The molecule has 1 N–H and O–H groups in total. The van der Waals surface area contributed by atoms with Gasteiger partial charge in [-0.1, -0.05) is 37.3 Å². The van der Waals surface area contributed by atoms with E-state index in [4.69, 9.17) is 0 Å². The molecule has 2 rings (SSSR count). The predicted octanol–water partition coefficient (Wildman–Crippen LogP) is 3.01. The largest absolute Gasteiger partial charge is 0.314 e. The maximum Gasteiger partial charge on any atom is 0.00682 e. The maximum atomic E-state index is 3.57. The van der Waals surface area contributed by atoms with Crippen molar-refractivity contribution in [1.82, 2.24) is 5.32 Å². The van der Waals surface area contributed by atoms with Crippen LogP contribution in [0.5, 0.6) is 0 Å². The molecule has 0 spiro atoms. The highest BCUT2D eigenvalue weighted by molar-refractivity contribution is 5.15. The van der Waals surface area contributed by atoms with Crippen molar-refractivity contribution < 1.29 is 0 Å². The number of hydrogen-bond donors (Lipinski definition) is 1. The standard InChI is InChI=1S/C14H21N/c1-12(9-10-15-14-7-8-14)11-13-5-3-2-4-6-13/h2-6,12,14-15H,7-11H2,1H3. The Morgan fingerprint density at radius 2 is 2.00 bits per heavy atom. The average Bonchev–Trinajstić information content (AvgIpc) is 3.03. The topological polar surface area (TPSA) is 12.0 Å². The first-order valence-corrected chi connectivity index (χ1v) is 6.12. The molecule has 0 bridgehead atoms. The lowest BCUT2D eigenvalue weighted by Crippen LogP contribution is -2.20. The molecular weight excluding hydrogens is 182 g/mol. The Kier molecular flexibility index (Phi) is 3.79. The summed E-state index contributed by atoms with van der Waals surface area (Å²) in [6.45, 7) is 3.54. The molecule has 82 valence electrons. The Balaban J connectivity index is 1.65. The molecule has 1 aromatic rings. The van der Waals surface area contributed by atoms with Crippen molar-refractivity contribution in [1.29, 1.82) is 0 Å². The fourth-order valence-electron chi connectivity index (χ4n) is 1.94. The van der Waals surface area contributed by atoms with Crippen molar-refractivity contribution in [3.8, 4) is 0 Å². The lowest BCUT2D eigenvalue weighted by Gasteiger charge is -2.11. The van der Waals surface area contributed by atoms with Crippen LogP contribution in [-0.2, 0) is 6.42 Å². The number of benzene rings is 1. The number of rotatable bonds is 6. The van der Waals surface area contributed by atoms with Gasteiger partial charge < -0.3 is 5.32 Å². The van der Waals surface area contributed by atoms with Gasteiger partial charge in [-0.3, -0.25) is 0 Å². The Hall–Kier alpha value is -0.820. The first kappa shape index (κ1) is 10.7. The van der Waals surface area contributed by atoms with Crippen LogP contribution in [0.15, 0.2) is 30.3 Å². The van der Waals surface area contributed by atoms with Gasteiger partial charge in [0.25, 0.3) is 0 Å². The third kappa shape index (κ3) is 4.05. The SMILES string of the molecule is CC(CCNC1CC1)Cc1ccccc1. The van der Waals surface area contributed by atoms with Crippen molar-refractivity contribution in [2.45, 2.75) is 38.6 Å². The summed E-state index contributed by atoms with van der Waals surface area (Å²) < 4.78 is 0. The predicted molar refractivity (Wildman–Crippen MR) is 65.0 cm³/mol. The van der Waals surface area contributed by atoms with Crippen LogP contribution in [0.1, 0.15) is 31.7 Å². The summed E-state index contributed by atoms with van der Waals surface area (Å²) in [6.07, 6.45) is 5.30. The van der Waals surface area contributed by atoms with E-state index in [1.807, 2.05) is 0 Å². The van der Waals surface area contributed by atoms with E-state index < -0.39 is 0 Å². The van der Waals surface area contributed by atoms with E-state index >= 15 is 0 Å². The van der Waals surface area contributed by atoms with Crippen LogP contribution in [0.4, 0.5) is 0 Å². The van der Waals surface area contributed by atoms with Crippen LogP contribution in [0.2, 0.25) is 0 Å². The van der Waals surface area contributed by atoms with Crippen molar-refractivity contribution in [2.75, 3.05) is 6.54 Å². The summed E-state index contributed by atoms with van der Waals surface area (Å²) >= 11 is 0. The minimum Gasteiger partial charge on any atom is -0.314 e. The average molecular weight is 203 g/mol. The quantitative estimate of drug-likeness (QED) is 0.749. The van der Waals surface area contributed by atoms with Gasteiger partial charge in [0, 0.05) is 6.04 Å². The molecule has 1 aliphatic rings. The highest BCUT2D eigenvalue weighted by Crippen LogP contribution is 2.19. The molecule has 1 fully saturated rings.